The van der Waals surface area contributed by atoms with Gasteiger partial charge in [0.25, 0.3) is 0 Å². The Morgan fingerprint density at radius 1 is 0.905 bits per heavy atom. The molecule has 2 aromatic carbocycles. The minimum atomic E-state index is -0.0115. The molecule has 2 heteroatoms. The lowest BCUT2D eigenvalue weighted by atomic mass is 9.95. The lowest BCUT2D eigenvalue weighted by molar-refractivity contribution is -0.114. The third-order valence-electron chi connectivity index (χ3n) is 4.03. The molecule has 1 nitrogen and oxygen atoms in total. The normalized spacial score (nSPS) is 21.9. The topological polar surface area (TPSA) is 17.1 Å². The highest BCUT2D eigenvalue weighted by molar-refractivity contribution is 8.00. The third kappa shape index (κ3) is 2.68. The van der Waals surface area contributed by atoms with E-state index in [2.05, 4.69) is 31.2 Å². The summed E-state index contributed by atoms with van der Waals surface area (Å²) in [4.78, 5) is 13.8. The van der Waals surface area contributed by atoms with Crippen molar-refractivity contribution in [2.45, 2.75) is 24.0 Å². The van der Waals surface area contributed by atoms with Gasteiger partial charge in [-0.2, -0.15) is 0 Å². The molecule has 0 N–H and O–H groups in total. The predicted octanol–water partition coefficient (Wildman–Crippen LogP) is 4.84. The molecule has 106 valence electrons. The van der Waals surface area contributed by atoms with Crippen LogP contribution in [0.15, 0.2) is 71.1 Å². The second-order valence-electron chi connectivity index (χ2n) is 5.41. The SMILES string of the molecule is CC1=C(c2ccccc2)C(C)C(Sc2ccccc2)C1=O. The first kappa shape index (κ1) is 14.2. The quantitative estimate of drug-likeness (QED) is 0.805. The maximum atomic E-state index is 12.6. The fraction of sp³-hybridized carbons (Fsp3) is 0.211. The third-order valence-corrected chi connectivity index (χ3v) is 5.45. The largest absolute Gasteiger partial charge is 0.293 e. The lowest BCUT2D eigenvalue weighted by Gasteiger charge is -2.17. The lowest BCUT2D eigenvalue weighted by Crippen LogP contribution is -2.18. The fourth-order valence-electron chi connectivity index (χ4n) is 2.96. The smallest absolute Gasteiger partial charge is 0.172 e. The molecule has 0 amide bonds. The van der Waals surface area contributed by atoms with Gasteiger partial charge in [-0.15, -0.1) is 11.8 Å². The van der Waals surface area contributed by atoms with Gasteiger partial charge in [0.2, 0.25) is 0 Å². The van der Waals surface area contributed by atoms with Crippen LogP contribution in [-0.2, 0) is 4.79 Å². The molecular weight excluding hydrogens is 276 g/mol. The van der Waals surface area contributed by atoms with Gasteiger partial charge < -0.3 is 0 Å². The van der Waals surface area contributed by atoms with Crippen LogP contribution < -0.4 is 0 Å². The van der Waals surface area contributed by atoms with Gasteiger partial charge in [-0.05, 0) is 35.8 Å². The van der Waals surface area contributed by atoms with Crippen molar-refractivity contribution in [2.75, 3.05) is 0 Å². The van der Waals surface area contributed by atoms with E-state index < -0.39 is 0 Å². The van der Waals surface area contributed by atoms with Crippen LogP contribution >= 0.6 is 11.8 Å². The zero-order chi connectivity index (χ0) is 14.8. The number of Topliss-reactive ketones (excluding diaryl/α,β-unsaturated/α-hetero) is 1. The first-order chi connectivity index (χ1) is 10.2. The van der Waals surface area contributed by atoms with E-state index in [4.69, 9.17) is 0 Å². The Morgan fingerprint density at radius 2 is 1.48 bits per heavy atom. The molecule has 0 aromatic heterocycles. The highest BCUT2D eigenvalue weighted by Crippen LogP contribution is 2.44. The first-order valence-electron chi connectivity index (χ1n) is 7.20. The van der Waals surface area contributed by atoms with E-state index in [1.807, 2.05) is 43.3 Å². The van der Waals surface area contributed by atoms with Gasteiger partial charge >= 0.3 is 0 Å². The van der Waals surface area contributed by atoms with Crippen molar-refractivity contribution < 1.29 is 4.79 Å². The molecule has 0 aliphatic heterocycles. The zero-order valence-electron chi connectivity index (χ0n) is 12.2. The van der Waals surface area contributed by atoms with E-state index in [9.17, 15) is 4.79 Å². The van der Waals surface area contributed by atoms with Crippen molar-refractivity contribution in [3.05, 3.63) is 71.8 Å². The highest BCUT2D eigenvalue weighted by atomic mass is 32.2. The molecule has 1 aliphatic rings. The maximum absolute atomic E-state index is 12.6. The molecule has 2 unspecified atom stereocenters. The molecule has 1 aliphatic carbocycles. The summed E-state index contributed by atoms with van der Waals surface area (Å²) in [5.74, 6) is 0.514. The standard InChI is InChI=1S/C19H18OS/c1-13-17(15-9-5-3-6-10-15)14(2)19(18(13)20)21-16-11-7-4-8-12-16/h3-12,14,19H,1-2H3. The minimum Gasteiger partial charge on any atom is -0.293 e. The van der Waals surface area contributed by atoms with E-state index in [0.717, 1.165) is 10.5 Å². The summed E-state index contributed by atoms with van der Waals surface area (Å²) in [6.45, 7) is 4.13. The Kier molecular flexibility index (Phi) is 3.98. The van der Waals surface area contributed by atoms with E-state index in [-0.39, 0.29) is 17.0 Å². The summed E-state index contributed by atoms with van der Waals surface area (Å²) in [5.41, 5.74) is 3.29. The number of hydrogen-bond donors (Lipinski definition) is 0. The summed E-state index contributed by atoms with van der Waals surface area (Å²) in [7, 11) is 0. The average Bonchev–Trinajstić information content (AvgIpc) is 2.73. The first-order valence-corrected chi connectivity index (χ1v) is 8.08. The Labute approximate surface area is 130 Å². The summed E-state index contributed by atoms with van der Waals surface area (Å²) in [6, 6.07) is 20.4. The van der Waals surface area contributed by atoms with E-state index in [1.165, 1.54) is 11.1 Å². The number of carbonyl (C=O) groups is 1. The van der Waals surface area contributed by atoms with Crippen molar-refractivity contribution in [3.8, 4) is 0 Å². The van der Waals surface area contributed by atoms with Crippen LogP contribution in [-0.4, -0.2) is 11.0 Å². The van der Waals surface area contributed by atoms with Crippen LogP contribution in [0.5, 0.6) is 0 Å². The van der Waals surface area contributed by atoms with E-state index in [0.29, 0.717) is 0 Å². The molecule has 21 heavy (non-hydrogen) atoms. The zero-order valence-corrected chi connectivity index (χ0v) is 13.1. The van der Waals surface area contributed by atoms with Crippen molar-refractivity contribution in [1.29, 1.82) is 0 Å². The molecule has 0 spiro atoms. The van der Waals surface area contributed by atoms with Crippen LogP contribution in [0.2, 0.25) is 0 Å². The maximum Gasteiger partial charge on any atom is 0.172 e. The van der Waals surface area contributed by atoms with Crippen molar-refractivity contribution in [2.24, 2.45) is 5.92 Å². The molecule has 0 saturated heterocycles. The van der Waals surface area contributed by atoms with Gasteiger partial charge in [0.1, 0.15) is 0 Å². The van der Waals surface area contributed by atoms with Crippen LogP contribution in [0.25, 0.3) is 5.57 Å². The number of hydrogen-bond acceptors (Lipinski definition) is 2. The van der Waals surface area contributed by atoms with Gasteiger partial charge in [0.15, 0.2) is 5.78 Å². The van der Waals surface area contributed by atoms with Crippen LogP contribution in [0.3, 0.4) is 0 Å². The summed E-state index contributed by atoms with van der Waals surface area (Å²) < 4.78 is 0. The van der Waals surface area contributed by atoms with E-state index >= 15 is 0 Å². The summed E-state index contributed by atoms with van der Waals surface area (Å²) in [5, 5.41) is -0.0115. The molecule has 2 aromatic rings. The second kappa shape index (κ2) is 5.90. The highest BCUT2D eigenvalue weighted by Gasteiger charge is 2.38. The molecule has 2 atom stereocenters. The Balaban J connectivity index is 1.90. The average molecular weight is 294 g/mol. The second-order valence-corrected chi connectivity index (χ2v) is 6.62. The van der Waals surface area contributed by atoms with Crippen LogP contribution in [0.1, 0.15) is 19.4 Å². The monoisotopic (exact) mass is 294 g/mol. The predicted molar refractivity (Wildman–Crippen MR) is 89.3 cm³/mol. The number of allylic oxidation sites excluding steroid dienone is 2. The molecule has 3 rings (SSSR count). The van der Waals surface area contributed by atoms with Gasteiger partial charge in [-0.1, -0.05) is 55.5 Å². The van der Waals surface area contributed by atoms with Crippen molar-refractivity contribution in [3.63, 3.8) is 0 Å². The van der Waals surface area contributed by atoms with Crippen molar-refractivity contribution in [1.82, 2.24) is 0 Å². The Morgan fingerprint density at radius 3 is 2.10 bits per heavy atom. The number of ketones is 1. The summed E-state index contributed by atoms with van der Waals surface area (Å²) >= 11 is 1.68. The number of rotatable bonds is 3. The Hall–Kier alpha value is -1.80. The molecular formula is C19H18OS. The molecule has 0 bridgehead atoms. The van der Waals surface area contributed by atoms with Gasteiger partial charge in [0, 0.05) is 10.8 Å². The van der Waals surface area contributed by atoms with Crippen LogP contribution in [0, 0.1) is 5.92 Å². The van der Waals surface area contributed by atoms with E-state index in [1.54, 1.807) is 11.8 Å². The molecule has 0 radical (unpaired) electrons. The molecule has 0 saturated carbocycles. The molecule has 0 heterocycles. The van der Waals surface area contributed by atoms with Gasteiger partial charge in [0.05, 0.1) is 5.25 Å². The number of thioether (sulfide) groups is 1. The number of benzene rings is 2. The van der Waals surface area contributed by atoms with Gasteiger partial charge in [-0.25, -0.2) is 0 Å². The summed E-state index contributed by atoms with van der Waals surface area (Å²) in [6.07, 6.45) is 0. The van der Waals surface area contributed by atoms with Crippen molar-refractivity contribution >= 4 is 23.1 Å². The Bertz CT molecular complexity index is 673. The fourth-order valence-corrected chi connectivity index (χ4v) is 4.20. The minimum absolute atomic E-state index is 0.0115. The molecule has 0 fully saturated rings. The van der Waals surface area contributed by atoms with Crippen LogP contribution in [0.4, 0.5) is 0 Å². The number of carbonyl (C=O) groups excluding carboxylic acids is 1. The van der Waals surface area contributed by atoms with Gasteiger partial charge in [-0.3, -0.25) is 4.79 Å².